The topological polar surface area (TPSA) is 88.1 Å². The molecule has 0 heterocycles. The van der Waals surface area contributed by atoms with Crippen molar-refractivity contribution in [2.24, 2.45) is 0 Å². The Bertz CT molecular complexity index is 940. The molecular weight excluding hydrogens is 408 g/mol. The van der Waals surface area contributed by atoms with Gasteiger partial charge in [0.05, 0.1) is 39.3 Å². The summed E-state index contributed by atoms with van der Waals surface area (Å²) < 4.78 is 46.0. The van der Waals surface area contributed by atoms with Gasteiger partial charge in [-0.25, -0.2) is 0 Å². The predicted octanol–water partition coefficient (Wildman–Crippen LogP) is 3.76. The maximum absolute atomic E-state index is 12.5. The first-order chi connectivity index (χ1) is 14.2. The SMILES string of the molecule is COC(=O)CC(CCOS(=O)(=O)c1ccc(C)cc1)c1c(OC)cc(C)cc1OC. The van der Waals surface area contributed by atoms with Gasteiger partial charge in [-0.2, -0.15) is 8.42 Å². The van der Waals surface area contributed by atoms with Crippen LogP contribution >= 0.6 is 0 Å². The largest absolute Gasteiger partial charge is 0.496 e. The van der Waals surface area contributed by atoms with Crippen molar-refractivity contribution < 1.29 is 31.6 Å². The number of rotatable bonds is 10. The van der Waals surface area contributed by atoms with Crippen LogP contribution in [-0.4, -0.2) is 42.3 Å². The molecule has 0 aromatic heterocycles. The lowest BCUT2D eigenvalue weighted by atomic mass is 9.90. The number of hydrogen-bond acceptors (Lipinski definition) is 7. The van der Waals surface area contributed by atoms with Gasteiger partial charge in [0.15, 0.2) is 0 Å². The molecule has 0 N–H and O–H groups in total. The number of ether oxygens (including phenoxy) is 3. The minimum absolute atomic E-state index is 0.0280. The second kappa shape index (κ2) is 10.4. The first-order valence-corrected chi connectivity index (χ1v) is 10.9. The van der Waals surface area contributed by atoms with Crippen LogP contribution in [0.15, 0.2) is 41.3 Å². The second-order valence-corrected chi connectivity index (χ2v) is 8.55. The van der Waals surface area contributed by atoms with E-state index in [9.17, 15) is 13.2 Å². The summed E-state index contributed by atoms with van der Waals surface area (Å²) in [7, 11) is 0.467. The van der Waals surface area contributed by atoms with Crippen molar-refractivity contribution in [1.29, 1.82) is 0 Å². The third kappa shape index (κ3) is 5.96. The fraction of sp³-hybridized carbons (Fsp3) is 0.409. The normalized spacial score (nSPS) is 12.3. The highest BCUT2D eigenvalue weighted by molar-refractivity contribution is 7.86. The minimum Gasteiger partial charge on any atom is -0.496 e. The molecule has 7 nitrogen and oxygen atoms in total. The van der Waals surface area contributed by atoms with Gasteiger partial charge in [0, 0.05) is 11.5 Å². The van der Waals surface area contributed by atoms with Crippen LogP contribution in [0.2, 0.25) is 0 Å². The van der Waals surface area contributed by atoms with E-state index in [-0.39, 0.29) is 24.3 Å². The van der Waals surface area contributed by atoms with E-state index in [1.54, 1.807) is 12.1 Å². The number of hydrogen-bond donors (Lipinski definition) is 0. The molecule has 8 heteroatoms. The van der Waals surface area contributed by atoms with Gasteiger partial charge >= 0.3 is 5.97 Å². The Labute approximate surface area is 178 Å². The molecule has 0 fully saturated rings. The Morgan fingerprint density at radius 3 is 2.00 bits per heavy atom. The highest BCUT2D eigenvalue weighted by Gasteiger charge is 2.26. The molecule has 0 saturated carbocycles. The van der Waals surface area contributed by atoms with Crippen LogP contribution < -0.4 is 9.47 Å². The fourth-order valence-corrected chi connectivity index (χ4v) is 4.10. The third-order valence-corrected chi connectivity index (χ3v) is 6.08. The van der Waals surface area contributed by atoms with Gasteiger partial charge in [0.25, 0.3) is 10.1 Å². The molecule has 0 bridgehead atoms. The first-order valence-electron chi connectivity index (χ1n) is 9.47. The van der Waals surface area contributed by atoms with Gasteiger partial charge in [-0.15, -0.1) is 0 Å². The number of methoxy groups -OCH3 is 3. The molecule has 1 atom stereocenters. The highest BCUT2D eigenvalue weighted by atomic mass is 32.2. The molecular formula is C22H28O7S. The zero-order valence-corrected chi connectivity index (χ0v) is 18.7. The van der Waals surface area contributed by atoms with Gasteiger partial charge in [-0.3, -0.25) is 8.98 Å². The molecule has 1 unspecified atom stereocenters. The van der Waals surface area contributed by atoms with Crippen LogP contribution in [0.3, 0.4) is 0 Å². The first kappa shape index (κ1) is 23.7. The molecule has 2 aromatic carbocycles. The maximum Gasteiger partial charge on any atom is 0.306 e. The summed E-state index contributed by atoms with van der Waals surface area (Å²) in [5, 5.41) is 0. The van der Waals surface area contributed by atoms with Gasteiger partial charge in [0.1, 0.15) is 11.5 Å². The lowest BCUT2D eigenvalue weighted by Gasteiger charge is -2.22. The van der Waals surface area contributed by atoms with Crippen molar-refractivity contribution >= 4 is 16.1 Å². The van der Waals surface area contributed by atoms with Gasteiger partial charge in [-0.1, -0.05) is 17.7 Å². The average Bonchev–Trinajstić information content (AvgIpc) is 2.72. The van der Waals surface area contributed by atoms with Crippen molar-refractivity contribution in [1.82, 2.24) is 0 Å². The minimum atomic E-state index is -3.91. The number of carbonyl (C=O) groups is 1. The lowest BCUT2D eigenvalue weighted by molar-refractivity contribution is -0.141. The Morgan fingerprint density at radius 1 is 0.933 bits per heavy atom. The number of carbonyl (C=O) groups excluding carboxylic acids is 1. The van der Waals surface area contributed by atoms with Gasteiger partial charge < -0.3 is 14.2 Å². The second-order valence-electron chi connectivity index (χ2n) is 6.94. The van der Waals surface area contributed by atoms with Crippen LogP contribution in [-0.2, 0) is 23.8 Å². The average molecular weight is 437 g/mol. The molecule has 30 heavy (non-hydrogen) atoms. The molecule has 164 valence electrons. The lowest BCUT2D eigenvalue weighted by Crippen LogP contribution is -2.15. The standard InChI is InChI=1S/C22H28O7S/c1-15-6-8-18(9-7-15)30(24,25)29-11-10-17(14-21(23)28-5)22-19(26-3)12-16(2)13-20(22)27-4/h6-9,12-13,17H,10-11,14H2,1-5H3. The zero-order valence-electron chi connectivity index (χ0n) is 17.9. The summed E-state index contributed by atoms with van der Waals surface area (Å²) in [5.74, 6) is 0.270. The van der Waals surface area contributed by atoms with E-state index < -0.39 is 22.0 Å². The molecule has 0 saturated heterocycles. The summed E-state index contributed by atoms with van der Waals surface area (Å²) in [6.45, 7) is 3.66. The van der Waals surface area contributed by atoms with Gasteiger partial charge in [0.2, 0.25) is 0 Å². The van der Waals surface area contributed by atoms with Crippen molar-refractivity contribution in [3.63, 3.8) is 0 Å². The summed E-state index contributed by atoms with van der Waals surface area (Å²) in [6.07, 6.45) is 0.274. The highest BCUT2D eigenvalue weighted by Crippen LogP contribution is 2.40. The molecule has 0 aliphatic rings. The molecule has 0 aliphatic heterocycles. The third-order valence-electron chi connectivity index (χ3n) is 4.75. The quantitative estimate of drug-likeness (QED) is 0.414. The summed E-state index contributed by atoms with van der Waals surface area (Å²) in [6, 6.07) is 10.1. The molecule has 0 radical (unpaired) electrons. The maximum atomic E-state index is 12.5. The predicted molar refractivity (Wildman–Crippen MR) is 113 cm³/mol. The Hall–Kier alpha value is -2.58. The van der Waals surface area contributed by atoms with E-state index in [0.29, 0.717) is 17.1 Å². The smallest absolute Gasteiger partial charge is 0.306 e. The van der Waals surface area contributed by atoms with Gasteiger partial charge in [-0.05, 0) is 50.1 Å². The molecule has 0 spiro atoms. The van der Waals surface area contributed by atoms with E-state index >= 15 is 0 Å². The summed E-state index contributed by atoms with van der Waals surface area (Å²) >= 11 is 0. The number of esters is 1. The molecule has 0 amide bonds. The molecule has 2 aromatic rings. The van der Waals surface area contributed by atoms with Crippen LogP contribution in [0.25, 0.3) is 0 Å². The number of benzene rings is 2. The Kier molecular flexibility index (Phi) is 8.25. The van der Waals surface area contributed by atoms with Crippen LogP contribution in [0.5, 0.6) is 11.5 Å². The van der Waals surface area contributed by atoms with Crippen molar-refractivity contribution in [2.75, 3.05) is 27.9 Å². The number of aryl methyl sites for hydroxylation is 2. The summed E-state index contributed by atoms with van der Waals surface area (Å²) in [4.78, 5) is 12.1. The van der Waals surface area contributed by atoms with E-state index in [2.05, 4.69) is 0 Å². The fourth-order valence-electron chi connectivity index (χ4n) is 3.18. The van der Waals surface area contributed by atoms with E-state index in [4.69, 9.17) is 18.4 Å². The van der Waals surface area contributed by atoms with Crippen molar-refractivity contribution in [3.05, 3.63) is 53.1 Å². The van der Waals surface area contributed by atoms with Crippen LogP contribution in [0.4, 0.5) is 0 Å². The van der Waals surface area contributed by atoms with Crippen LogP contribution in [0.1, 0.15) is 35.4 Å². The molecule has 0 aliphatic carbocycles. The summed E-state index contributed by atoms with van der Waals surface area (Å²) in [5.41, 5.74) is 2.56. The zero-order chi connectivity index (χ0) is 22.3. The van der Waals surface area contributed by atoms with Crippen LogP contribution in [0, 0.1) is 13.8 Å². The van der Waals surface area contributed by atoms with E-state index in [1.807, 2.05) is 26.0 Å². The Morgan fingerprint density at radius 2 is 1.50 bits per heavy atom. The monoisotopic (exact) mass is 436 g/mol. The van der Waals surface area contributed by atoms with Crippen molar-refractivity contribution in [3.8, 4) is 11.5 Å². The van der Waals surface area contributed by atoms with E-state index in [1.165, 1.54) is 33.5 Å². The van der Waals surface area contributed by atoms with Crippen molar-refractivity contribution in [2.45, 2.75) is 37.5 Å². The van der Waals surface area contributed by atoms with E-state index in [0.717, 1.165) is 11.1 Å². The Balaban J connectivity index is 2.27. The molecule has 2 rings (SSSR count).